The third-order valence-corrected chi connectivity index (χ3v) is 5.08. The maximum Gasteiger partial charge on any atom is 0.416 e. The molecule has 0 saturated carbocycles. The van der Waals surface area contributed by atoms with Crippen molar-refractivity contribution in [1.29, 1.82) is 0 Å². The Balaban J connectivity index is 1.62. The number of halogens is 3. The molecule has 2 amide bonds. The number of fused-ring (bicyclic) bond motifs is 1. The maximum atomic E-state index is 13.0. The van der Waals surface area contributed by atoms with Crippen molar-refractivity contribution in [2.24, 2.45) is 0 Å². The van der Waals surface area contributed by atoms with Gasteiger partial charge in [-0.25, -0.2) is 4.98 Å². The SMILES string of the molecule is CC(=O)Nc1c[n+]2cc(-c3cc(NC(=O)c4cccc(C(F)(F)F)c4)ccc3C)ccc2[nH]1. The molecule has 2 heterocycles. The minimum Gasteiger partial charge on any atom is -0.322 e. The molecule has 4 aromatic rings. The van der Waals surface area contributed by atoms with E-state index in [0.29, 0.717) is 11.5 Å². The number of aromatic amines is 1. The van der Waals surface area contributed by atoms with Gasteiger partial charge in [0.2, 0.25) is 11.7 Å². The summed E-state index contributed by atoms with van der Waals surface area (Å²) in [7, 11) is 0. The molecular weight excluding hydrogens is 433 g/mol. The Morgan fingerprint density at radius 1 is 0.970 bits per heavy atom. The van der Waals surface area contributed by atoms with Gasteiger partial charge >= 0.3 is 6.18 Å². The Bertz CT molecular complexity index is 1380. The number of pyridine rings is 1. The van der Waals surface area contributed by atoms with E-state index in [1.807, 2.05) is 35.7 Å². The van der Waals surface area contributed by atoms with E-state index in [2.05, 4.69) is 15.6 Å². The Morgan fingerprint density at radius 2 is 1.76 bits per heavy atom. The number of benzene rings is 2. The predicted molar refractivity (Wildman–Crippen MR) is 118 cm³/mol. The second-order valence-corrected chi connectivity index (χ2v) is 7.62. The lowest BCUT2D eigenvalue weighted by molar-refractivity contribution is -0.508. The van der Waals surface area contributed by atoms with Gasteiger partial charge in [0.05, 0.1) is 5.56 Å². The summed E-state index contributed by atoms with van der Waals surface area (Å²) in [4.78, 5) is 26.9. The summed E-state index contributed by atoms with van der Waals surface area (Å²) in [6.07, 6.45) is -0.908. The standard InChI is InChI=1S/C24H19F3N4O2/c1-14-6-8-19(29-23(33)16-4-3-5-18(10-16)24(25,26)27)11-20(14)17-7-9-22-30-21(28-15(2)32)13-31(22)12-17/h3-13H,1-2H3,(H2,28,29,32,33)/p+1. The largest absolute Gasteiger partial charge is 0.416 e. The summed E-state index contributed by atoms with van der Waals surface area (Å²) in [5, 5.41) is 5.36. The van der Waals surface area contributed by atoms with Gasteiger partial charge in [0, 0.05) is 29.8 Å². The molecule has 4 rings (SSSR count). The zero-order valence-electron chi connectivity index (χ0n) is 17.7. The van der Waals surface area contributed by atoms with Gasteiger partial charge in [0.15, 0.2) is 6.20 Å². The van der Waals surface area contributed by atoms with Gasteiger partial charge in [0.25, 0.3) is 11.6 Å². The first-order chi connectivity index (χ1) is 15.6. The van der Waals surface area contributed by atoms with Crippen molar-refractivity contribution in [3.05, 3.63) is 83.7 Å². The number of nitrogens with zero attached hydrogens (tertiary/aromatic N) is 1. The van der Waals surface area contributed by atoms with Gasteiger partial charge in [0.1, 0.15) is 6.20 Å². The molecule has 0 aliphatic heterocycles. The van der Waals surface area contributed by atoms with E-state index in [4.69, 9.17) is 0 Å². The average Bonchev–Trinajstić information content (AvgIpc) is 3.15. The van der Waals surface area contributed by atoms with Crippen molar-refractivity contribution < 1.29 is 27.2 Å². The summed E-state index contributed by atoms with van der Waals surface area (Å²) in [6, 6.07) is 13.3. The fraction of sp³-hybridized carbons (Fsp3) is 0.125. The molecule has 0 radical (unpaired) electrons. The second kappa shape index (κ2) is 8.42. The highest BCUT2D eigenvalue weighted by Crippen LogP contribution is 2.30. The Morgan fingerprint density at radius 3 is 2.48 bits per heavy atom. The molecule has 2 aromatic carbocycles. The molecule has 0 aliphatic carbocycles. The molecule has 9 heteroatoms. The van der Waals surface area contributed by atoms with E-state index in [0.717, 1.165) is 34.5 Å². The first-order valence-electron chi connectivity index (χ1n) is 10.0. The van der Waals surface area contributed by atoms with Crippen LogP contribution >= 0.6 is 0 Å². The fourth-order valence-electron chi connectivity index (χ4n) is 3.50. The van der Waals surface area contributed by atoms with Crippen LogP contribution in [0.1, 0.15) is 28.4 Å². The van der Waals surface area contributed by atoms with E-state index in [1.165, 1.54) is 19.1 Å². The highest BCUT2D eigenvalue weighted by atomic mass is 19.4. The number of H-pyrrole nitrogens is 1. The summed E-state index contributed by atoms with van der Waals surface area (Å²) >= 11 is 0. The van der Waals surface area contributed by atoms with Crippen LogP contribution in [0, 0.1) is 6.92 Å². The van der Waals surface area contributed by atoms with Crippen LogP contribution in [0.2, 0.25) is 0 Å². The number of aromatic nitrogens is 2. The number of hydrogen-bond acceptors (Lipinski definition) is 2. The van der Waals surface area contributed by atoms with Crippen LogP contribution in [0.25, 0.3) is 16.8 Å². The molecule has 168 valence electrons. The van der Waals surface area contributed by atoms with Gasteiger partial charge in [-0.15, -0.1) is 0 Å². The zero-order valence-corrected chi connectivity index (χ0v) is 17.7. The first-order valence-corrected chi connectivity index (χ1v) is 10.0. The predicted octanol–water partition coefficient (Wildman–Crippen LogP) is 4.96. The Kier molecular flexibility index (Phi) is 5.63. The quantitative estimate of drug-likeness (QED) is 0.382. The lowest BCUT2D eigenvalue weighted by atomic mass is 10.0. The number of amides is 2. The molecule has 0 fully saturated rings. The topological polar surface area (TPSA) is 78.1 Å². The number of hydrogen-bond donors (Lipinski definition) is 3. The molecule has 0 unspecified atom stereocenters. The second-order valence-electron chi connectivity index (χ2n) is 7.62. The van der Waals surface area contributed by atoms with Crippen LogP contribution in [0.4, 0.5) is 24.7 Å². The zero-order chi connectivity index (χ0) is 23.8. The lowest BCUT2D eigenvalue weighted by Gasteiger charge is -2.11. The van der Waals surface area contributed by atoms with Crippen molar-refractivity contribution >= 4 is 29.0 Å². The van der Waals surface area contributed by atoms with Crippen molar-refractivity contribution in [3.8, 4) is 11.1 Å². The molecule has 0 saturated heterocycles. The first kappa shape index (κ1) is 22.1. The minimum atomic E-state index is -4.53. The highest BCUT2D eigenvalue weighted by molar-refractivity contribution is 6.04. The Labute approximate surface area is 187 Å². The fourth-order valence-corrected chi connectivity index (χ4v) is 3.50. The molecule has 6 nitrogen and oxygen atoms in total. The third kappa shape index (κ3) is 4.87. The molecule has 0 bridgehead atoms. The molecule has 0 aliphatic rings. The van der Waals surface area contributed by atoms with Crippen molar-refractivity contribution in [1.82, 2.24) is 4.98 Å². The van der Waals surface area contributed by atoms with Crippen molar-refractivity contribution in [2.75, 3.05) is 10.6 Å². The Hall–Kier alpha value is -4.14. The van der Waals surface area contributed by atoms with Crippen molar-refractivity contribution in [3.63, 3.8) is 0 Å². The molecule has 0 spiro atoms. The van der Waals surface area contributed by atoms with Gasteiger partial charge in [-0.05, 0) is 54.4 Å². The van der Waals surface area contributed by atoms with Crippen molar-refractivity contribution in [2.45, 2.75) is 20.0 Å². The van der Waals surface area contributed by atoms with Crippen LogP contribution in [0.3, 0.4) is 0 Å². The van der Waals surface area contributed by atoms with Crippen LogP contribution in [0.15, 0.2) is 67.0 Å². The third-order valence-electron chi connectivity index (χ3n) is 5.08. The van der Waals surface area contributed by atoms with E-state index < -0.39 is 17.6 Å². The maximum absolute atomic E-state index is 13.0. The number of nitrogens with one attached hydrogen (secondary N) is 3. The summed E-state index contributed by atoms with van der Waals surface area (Å²) < 4.78 is 40.7. The number of alkyl halides is 3. The smallest absolute Gasteiger partial charge is 0.322 e. The van der Waals surface area contributed by atoms with Gasteiger partial charge in [-0.3, -0.25) is 14.9 Å². The molecule has 3 N–H and O–H groups in total. The number of anilines is 2. The highest BCUT2D eigenvalue weighted by Gasteiger charge is 2.30. The van der Waals surface area contributed by atoms with E-state index in [1.54, 1.807) is 18.3 Å². The number of carbonyl (C=O) groups is 2. The molecular formula is C24H20F3N4O2+. The normalized spacial score (nSPS) is 11.4. The average molecular weight is 453 g/mol. The molecule has 2 aromatic heterocycles. The number of carbonyl (C=O) groups excluding carboxylic acids is 2. The number of imidazole rings is 1. The van der Waals surface area contributed by atoms with Crippen LogP contribution in [0.5, 0.6) is 0 Å². The summed E-state index contributed by atoms with van der Waals surface area (Å²) in [5.74, 6) is -0.271. The van der Waals surface area contributed by atoms with E-state index in [-0.39, 0.29) is 11.5 Å². The lowest BCUT2D eigenvalue weighted by Crippen LogP contribution is -2.18. The van der Waals surface area contributed by atoms with E-state index >= 15 is 0 Å². The summed E-state index contributed by atoms with van der Waals surface area (Å²) in [6.45, 7) is 3.34. The van der Waals surface area contributed by atoms with Crippen LogP contribution in [-0.2, 0) is 11.0 Å². The van der Waals surface area contributed by atoms with Gasteiger partial charge < -0.3 is 5.32 Å². The van der Waals surface area contributed by atoms with Crippen LogP contribution in [-0.4, -0.2) is 16.8 Å². The monoisotopic (exact) mass is 453 g/mol. The minimum absolute atomic E-state index is 0.0817. The van der Waals surface area contributed by atoms with Crippen LogP contribution < -0.4 is 15.0 Å². The number of aryl methyl sites for hydroxylation is 1. The van der Waals surface area contributed by atoms with Gasteiger partial charge in [-0.2, -0.15) is 17.6 Å². The molecule has 33 heavy (non-hydrogen) atoms. The number of rotatable bonds is 4. The van der Waals surface area contributed by atoms with Gasteiger partial charge in [-0.1, -0.05) is 12.1 Å². The van der Waals surface area contributed by atoms with E-state index in [9.17, 15) is 22.8 Å². The molecule has 0 atom stereocenters. The summed E-state index contributed by atoms with van der Waals surface area (Å²) in [5.41, 5.74) is 2.91.